The van der Waals surface area contributed by atoms with Crippen molar-refractivity contribution in [3.8, 4) is 0 Å². The molecule has 0 aliphatic heterocycles. The number of rotatable bonds is 6. The highest BCUT2D eigenvalue weighted by Crippen LogP contribution is 2.23. The molecular weight excluding hydrogens is 432 g/mol. The number of nitrogens with one attached hydrogen (secondary N) is 2. The monoisotopic (exact) mass is 460 g/mol. The summed E-state index contributed by atoms with van der Waals surface area (Å²) in [6.07, 6.45) is 3.46. The zero-order chi connectivity index (χ0) is 24.5. The number of carbonyl (C=O) groups is 2. The van der Waals surface area contributed by atoms with Gasteiger partial charge in [-0.05, 0) is 51.5 Å². The number of H-pyrrole nitrogens is 1. The van der Waals surface area contributed by atoms with Gasteiger partial charge in [0, 0.05) is 23.5 Å². The van der Waals surface area contributed by atoms with Crippen LogP contribution in [-0.2, 0) is 20.7 Å². The molecule has 2 atom stereocenters. The second-order valence-corrected chi connectivity index (χ2v) is 9.32. The van der Waals surface area contributed by atoms with Gasteiger partial charge in [-0.2, -0.15) is 0 Å². The van der Waals surface area contributed by atoms with Crippen LogP contribution in [0.5, 0.6) is 0 Å². The van der Waals surface area contributed by atoms with E-state index in [2.05, 4.69) is 15.3 Å². The number of carbonyl (C=O) groups excluding carboxylic acids is 2. The molecule has 176 valence electrons. The lowest BCUT2D eigenvalue weighted by molar-refractivity contribution is -0.158. The van der Waals surface area contributed by atoms with Crippen molar-refractivity contribution < 1.29 is 14.3 Å². The van der Waals surface area contributed by atoms with Gasteiger partial charge in [0.05, 0.1) is 17.2 Å². The summed E-state index contributed by atoms with van der Waals surface area (Å²) in [5, 5.41) is 4.10. The van der Waals surface area contributed by atoms with Gasteiger partial charge in [0.1, 0.15) is 17.7 Å². The van der Waals surface area contributed by atoms with E-state index in [1.165, 1.54) is 10.9 Å². The van der Waals surface area contributed by atoms with Gasteiger partial charge >= 0.3 is 5.97 Å². The quantitative estimate of drug-likeness (QED) is 0.428. The molecule has 2 heterocycles. The zero-order valence-electron chi connectivity index (χ0n) is 19.7. The van der Waals surface area contributed by atoms with Crippen molar-refractivity contribution >= 4 is 33.7 Å². The fraction of sp³-hybridized carbons (Fsp3) is 0.308. The predicted molar refractivity (Wildman–Crippen MR) is 130 cm³/mol. The van der Waals surface area contributed by atoms with Crippen molar-refractivity contribution in [2.24, 2.45) is 0 Å². The first-order valence-electron chi connectivity index (χ1n) is 11.2. The van der Waals surface area contributed by atoms with Gasteiger partial charge in [-0.15, -0.1) is 0 Å². The summed E-state index contributed by atoms with van der Waals surface area (Å²) in [5.41, 5.74) is 1.36. The van der Waals surface area contributed by atoms with Crippen LogP contribution in [0.25, 0.3) is 21.8 Å². The minimum absolute atomic E-state index is 0.233. The Hall–Kier alpha value is -3.94. The van der Waals surface area contributed by atoms with Crippen LogP contribution in [0.2, 0.25) is 0 Å². The van der Waals surface area contributed by atoms with Gasteiger partial charge in [-0.3, -0.25) is 14.2 Å². The van der Waals surface area contributed by atoms with E-state index in [-0.39, 0.29) is 12.0 Å². The van der Waals surface area contributed by atoms with E-state index >= 15 is 0 Å². The lowest BCUT2D eigenvalue weighted by Crippen LogP contribution is -2.46. The molecule has 0 spiro atoms. The second kappa shape index (κ2) is 9.13. The lowest BCUT2D eigenvalue weighted by atomic mass is 10.0. The first kappa shape index (κ1) is 23.2. The first-order valence-corrected chi connectivity index (χ1v) is 11.2. The van der Waals surface area contributed by atoms with Gasteiger partial charge in [-0.25, -0.2) is 9.78 Å². The van der Waals surface area contributed by atoms with Gasteiger partial charge < -0.3 is 15.0 Å². The van der Waals surface area contributed by atoms with Gasteiger partial charge in [0.25, 0.3) is 5.56 Å². The van der Waals surface area contributed by atoms with Gasteiger partial charge in [0.2, 0.25) is 5.91 Å². The molecular formula is C26H28N4O4. The molecule has 0 bridgehead atoms. The Labute approximate surface area is 197 Å². The average molecular weight is 461 g/mol. The van der Waals surface area contributed by atoms with Crippen LogP contribution in [0.3, 0.4) is 0 Å². The van der Waals surface area contributed by atoms with E-state index in [9.17, 15) is 14.4 Å². The summed E-state index contributed by atoms with van der Waals surface area (Å²) >= 11 is 0. The van der Waals surface area contributed by atoms with Crippen molar-refractivity contribution in [1.29, 1.82) is 0 Å². The van der Waals surface area contributed by atoms with Crippen LogP contribution in [-0.4, -0.2) is 38.1 Å². The maximum Gasteiger partial charge on any atom is 0.328 e. The first-order chi connectivity index (χ1) is 16.1. The fourth-order valence-corrected chi connectivity index (χ4v) is 3.89. The largest absolute Gasteiger partial charge is 0.458 e. The molecule has 0 aliphatic rings. The van der Waals surface area contributed by atoms with Crippen LogP contribution in [0, 0.1) is 0 Å². The third-order valence-corrected chi connectivity index (χ3v) is 5.54. The minimum atomic E-state index is -0.923. The number of esters is 1. The average Bonchev–Trinajstić information content (AvgIpc) is 3.20. The molecule has 0 saturated heterocycles. The molecule has 0 aliphatic carbocycles. The molecule has 4 rings (SSSR count). The number of para-hydroxylation sites is 2. The van der Waals surface area contributed by atoms with Crippen molar-refractivity contribution in [1.82, 2.24) is 19.9 Å². The number of aromatic nitrogens is 3. The van der Waals surface area contributed by atoms with Crippen molar-refractivity contribution in [3.05, 3.63) is 77.0 Å². The highest BCUT2D eigenvalue weighted by Gasteiger charge is 2.29. The molecule has 2 aromatic carbocycles. The number of fused-ring (bicyclic) bond motifs is 2. The Morgan fingerprint density at radius 3 is 2.50 bits per heavy atom. The Bertz CT molecular complexity index is 1410. The van der Waals surface area contributed by atoms with E-state index in [0.29, 0.717) is 10.9 Å². The molecule has 4 aromatic rings. The van der Waals surface area contributed by atoms with Crippen LogP contribution in [0.1, 0.15) is 39.3 Å². The smallest absolute Gasteiger partial charge is 0.328 e. The SMILES string of the molecule is C[C@H](NC(=O)[C@@H](Cc1c[nH]c2ccccc12)n1cnc2ccccc2c1=O)C(=O)OC(C)(C)C. The Kier molecular flexibility index (Phi) is 6.24. The number of benzene rings is 2. The highest BCUT2D eigenvalue weighted by atomic mass is 16.6. The maximum atomic E-state index is 13.5. The van der Waals surface area contributed by atoms with Crippen molar-refractivity contribution in [3.63, 3.8) is 0 Å². The lowest BCUT2D eigenvalue weighted by Gasteiger charge is -2.25. The number of hydrogen-bond acceptors (Lipinski definition) is 5. The fourth-order valence-electron chi connectivity index (χ4n) is 3.89. The van der Waals surface area contributed by atoms with E-state index in [0.717, 1.165) is 16.5 Å². The topological polar surface area (TPSA) is 106 Å². The van der Waals surface area contributed by atoms with Crippen molar-refractivity contribution in [2.75, 3.05) is 0 Å². The predicted octanol–water partition coefficient (Wildman–Crippen LogP) is 3.51. The maximum absolute atomic E-state index is 13.5. The Morgan fingerprint density at radius 2 is 1.76 bits per heavy atom. The third-order valence-electron chi connectivity index (χ3n) is 5.54. The molecule has 2 N–H and O–H groups in total. The summed E-state index contributed by atoms with van der Waals surface area (Å²) in [7, 11) is 0. The van der Waals surface area contributed by atoms with E-state index in [1.807, 2.05) is 30.5 Å². The molecule has 0 fully saturated rings. The number of ether oxygens (including phenoxy) is 1. The van der Waals surface area contributed by atoms with Crippen LogP contribution in [0.15, 0.2) is 65.8 Å². The number of nitrogens with zero attached hydrogens (tertiary/aromatic N) is 2. The number of amides is 1. The van der Waals surface area contributed by atoms with E-state index in [4.69, 9.17) is 4.74 Å². The normalized spacial score (nSPS) is 13.5. The molecule has 0 unspecified atom stereocenters. The highest BCUT2D eigenvalue weighted by molar-refractivity contribution is 5.88. The molecule has 0 saturated carbocycles. The molecule has 34 heavy (non-hydrogen) atoms. The summed E-state index contributed by atoms with van der Waals surface area (Å²) in [6.45, 7) is 6.86. The van der Waals surface area contributed by atoms with Crippen LogP contribution in [0.4, 0.5) is 0 Å². The van der Waals surface area contributed by atoms with Crippen molar-refractivity contribution in [2.45, 2.75) is 51.8 Å². The second-order valence-electron chi connectivity index (χ2n) is 9.32. The van der Waals surface area contributed by atoms with E-state index in [1.54, 1.807) is 52.0 Å². The summed E-state index contributed by atoms with van der Waals surface area (Å²) in [6, 6.07) is 12.9. The summed E-state index contributed by atoms with van der Waals surface area (Å²) in [4.78, 5) is 46.8. The minimum Gasteiger partial charge on any atom is -0.458 e. The molecule has 1 amide bonds. The number of aromatic amines is 1. The van der Waals surface area contributed by atoms with Crippen LogP contribution < -0.4 is 10.9 Å². The van der Waals surface area contributed by atoms with Gasteiger partial charge in [0.15, 0.2) is 0 Å². The molecule has 0 radical (unpaired) electrons. The molecule has 2 aromatic heterocycles. The zero-order valence-corrected chi connectivity index (χ0v) is 19.7. The molecule has 8 heteroatoms. The summed E-state index contributed by atoms with van der Waals surface area (Å²) in [5.74, 6) is -1.02. The van der Waals surface area contributed by atoms with Crippen LogP contribution >= 0.6 is 0 Å². The molecule has 8 nitrogen and oxygen atoms in total. The summed E-state index contributed by atoms with van der Waals surface area (Å²) < 4.78 is 6.73. The standard InChI is InChI=1S/C26H28N4O4/c1-16(25(33)34-26(2,3)4)29-23(31)22(13-17-14-27-20-11-7-5-9-18(17)20)30-15-28-21-12-8-6-10-19(21)24(30)32/h5-12,14-16,22,27H,13H2,1-4H3,(H,29,31)/t16-,22+/m0/s1. The van der Waals surface area contributed by atoms with E-state index < -0.39 is 29.6 Å². The van der Waals surface area contributed by atoms with Gasteiger partial charge in [-0.1, -0.05) is 30.3 Å². The Balaban J connectivity index is 1.71. The number of hydrogen-bond donors (Lipinski definition) is 2. The Morgan fingerprint density at radius 1 is 1.09 bits per heavy atom. The third kappa shape index (κ3) is 4.85.